The molecule has 0 fully saturated rings. The standard InChI is InChI=1S/C14H12ClNO2S/c1-8-3-4-9(2)11(7-8)19-13-12(15)10(14(17)18)5-6-16-13/h3-7H,1-2H3,(H,17,18). The molecule has 0 aliphatic rings. The zero-order valence-corrected chi connectivity index (χ0v) is 12.0. The van der Waals surface area contributed by atoms with Gasteiger partial charge in [-0.3, -0.25) is 0 Å². The third-order valence-electron chi connectivity index (χ3n) is 2.64. The van der Waals surface area contributed by atoms with E-state index in [4.69, 9.17) is 16.7 Å². The summed E-state index contributed by atoms with van der Waals surface area (Å²) in [6, 6.07) is 7.48. The Morgan fingerprint density at radius 3 is 2.74 bits per heavy atom. The second-order valence-corrected chi connectivity index (χ2v) is 5.56. The molecule has 2 rings (SSSR count). The number of pyridine rings is 1. The zero-order valence-electron chi connectivity index (χ0n) is 10.5. The molecule has 1 aromatic carbocycles. The van der Waals surface area contributed by atoms with Gasteiger partial charge in [-0.25, -0.2) is 9.78 Å². The van der Waals surface area contributed by atoms with E-state index in [9.17, 15) is 4.79 Å². The molecule has 0 aliphatic carbocycles. The molecule has 0 bridgehead atoms. The molecule has 0 amide bonds. The van der Waals surface area contributed by atoms with Crippen molar-refractivity contribution in [3.8, 4) is 0 Å². The van der Waals surface area contributed by atoms with Crippen molar-refractivity contribution in [1.82, 2.24) is 4.98 Å². The van der Waals surface area contributed by atoms with Crippen molar-refractivity contribution in [3.05, 3.63) is 52.2 Å². The predicted octanol–water partition coefficient (Wildman–Crippen LogP) is 4.20. The molecule has 0 saturated carbocycles. The molecule has 0 atom stereocenters. The van der Waals surface area contributed by atoms with Gasteiger partial charge in [-0.05, 0) is 37.1 Å². The molecule has 98 valence electrons. The molecule has 19 heavy (non-hydrogen) atoms. The van der Waals surface area contributed by atoms with Gasteiger partial charge >= 0.3 is 5.97 Å². The Kier molecular flexibility index (Phi) is 4.12. The summed E-state index contributed by atoms with van der Waals surface area (Å²) in [6.07, 6.45) is 1.46. The zero-order chi connectivity index (χ0) is 14.0. The minimum absolute atomic E-state index is 0.0736. The fourth-order valence-corrected chi connectivity index (χ4v) is 2.89. The van der Waals surface area contributed by atoms with Crippen LogP contribution in [-0.4, -0.2) is 16.1 Å². The van der Waals surface area contributed by atoms with Crippen LogP contribution >= 0.6 is 23.4 Å². The van der Waals surface area contributed by atoms with Crippen LogP contribution < -0.4 is 0 Å². The van der Waals surface area contributed by atoms with Crippen molar-refractivity contribution in [2.24, 2.45) is 0 Å². The molecule has 0 unspecified atom stereocenters. The summed E-state index contributed by atoms with van der Waals surface area (Å²) < 4.78 is 0. The highest BCUT2D eigenvalue weighted by Crippen LogP contribution is 2.35. The van der Waals surface area contributed by atoms with Gasteiger partial charge in [0.1, 0.15) is 5.03 Å². The number of benzene rings is 1. The monoisotopic (exact) mass is 293 g/mol. The quantitative estimate of drug-likeness (QED) is 0.921. The van der Waals surface area contributed by atoms with Crippen LogP contribution in [0.15, 0.2) is 40.4 Å². The molecule has 3 nitrogen and oxygen atoms in total. The SMILES string of the molecule is Cc1ccc(C)c(Sc2nccc(C(=O)O)c2Cl)c1. The summed E-state index contributed by atoms with van der Waals surface area (Å²) >= 11 is 7.46. The van der Waals surface area contributed by atoms with Crippen molar-refractivity contribution < 1.29 is 9.90 Å². The van der Waals surface area contributed by atoms with Gasteiger partial charge in [-0.15, -0.1) is 0 Å². The third-order valence-corrected chi connectivity index (χ3v) is 4.30. The molecule has 0 aliphatic heterocycles. The Morgan fingerprint density at radius 1 is 1.32 bits per heavy atom. The highest BCUT2D eigenvalue weighted by Gasteiger charge is 2.14. The van der Waals surface area contributed by atoms with Gasteiger partial charge in [-0.2, -0.15) is 0 Å². The first kappa shape index (κ1) is 13.9. The summed E-state index contributed by atoms with van der Waals surface area (Å²) in [7, 11) is 0. The van der Waals surface area contributed by atoms with Gasteiger partial charge in [0.15, 0.2) is 0 Å². The third kappa shape index (κ3) is 3.08. The van der Waals surface area contributed by atoms with Crippen molar-refractivity contribution in [2.75, 3.05) is 0 Å². The normalized spacial score (nSPS) is 10.5. The lowest BCUT2D eigenvalue weighted by Gasteiger charge is -2.08. The highest BCUT2D eigenvalue weighted by atomic mass is 35.5. The Morgan fingerprint density at radius 2 is 2.05 bits per heavy atom. The molecule has 1 heterocycles. The number of carbonyl (C=O) groups is 1. The molecular formula is C14H12ClNO2S. The van der Waals surface area contributed by atoms with E-state index in [-0.39, 0.29) is 10.6 Å². The van der Waals surface area contributed by atoms with Crippen LogP contribution in [0.25, 0.3) is 0 Å². The Hall–Kier alpha value is -1.52. The average molecular weight is 294 g/mol. The van der Waals surface area contributed by atoms with Crippen LogP contribution in [0.5, 0.6) is 0 Å². The van der Waals surface area contributed by atoms with Gasteiger partial charge < -0.3 is 5.11 Å². The van der Waals surface area contributed by atoms with E-state index in [0.717, 1.165) is 16.0 Å². The van der Waals surface area contributed by atoms with Crippen LogP contribution in [0.3, 0.4) is 0 Å². The predicted molar refractivity (Wildman–Crippen MR) is 76.2 cm³/mol. The number of aromatic carboxylic acids is 1. The second kappa shape index (κ2) is 5.63. The molecular weight excluding hydrogens is 282 g/mol. The highest BCUT2D eigenvalue weighted by molar-refractivity contribution is 7.99. The van der Waals surface area contributed by atoms with E-state index in [1.807, 2.05) is 32.0 Å². The molecule has 5 heteroatoms. The topological polar surface area (TPSA) is 50.2 Å². The maximum absolute atomic E-state index is 11.0. The number of aromatic nitrogens is 1. The maximum atomic E-state index is 11.0. The van der Waals surface area contributed by atoms with E-state index in [1.54, 1.807) is 0 Å². The minimum Gasteiger partial charge on any atom is -0.478 e. The van der Waals surface area contributed by atoms with Crippen molar-refractivity contribution in [1.29, 1.82) is 0 Å². The first-order valence-electron chi connectivity index (χ1n) is 5.62. The average Bonchev–Trinajstić information content (AvgIpc) is 2.36. The maximum Gasteiger partial charge on any atom is 0.337 e. The molecule has 1 aromatic heterocycles. The fourth-order valence-electron chi connectivity index (χ4n) is 1.58. The molecule has 1 N–H and O–H groups in total. The number of hydrogen-bond acceptors (Lipinski definition) is 3. The molecule has 0 saturated heterocycles. The van der Waals surface area contributed by atoms with Crippen molar-refractivity contribution >= 4 is 29.3 Å². The van der Waals surface area contributed by atoms with Crippen LogP contribution in [0, 0.1) is 13.8 Å². The van der Waals surface area contributed by atoms with E-state index < -0.39 is 5.97 Å². The van der Waals surface area contributed by atoms with Crippen LogP contribution in [0.2, 0.25) is 5.02 Å². The lowest BCUT2D eigenvalue weighted by Crippen LogP contribution is -1.99. The first-order chi connectivity index (χ1) is 8.99. The lowest BCUT2D eigenvalue weighted by molar-refractivity contribution is 0.0696. The number of halogens is 1. The van der Waals surface area contributed by atoms with Crippen molar-refractivity contribution in [2.45, 2.75) is 23.8 Å². The number of rotatable bonds is 3. The fraction of sp³-hybridized carbons (Fsp3) is 0.143. The van der Waals surface area contributed by atoms with E-state index in [0.29, 0.717) is 5.03 Å². The summed E-state index contributed by atoms with van der Waals surface area (Å²) in [4.78, 5) is 16.2. The number of aryl methyl sites for hydroxylation is 2. The first-order valence-corrected chi connectivity index (χ1v) is 6.81. The van der Waals surface area contributed by atoms with Crippen LogP contribution in [-0.2, 0) is 0 Å². The Labute approximate surface area is 120 Å². The lowest BCUT2D eigenvalue weighted by atomic mass is 10.2. The Bertz CT molecular complexity index is 643. The van der Waals surface area contributed by atoms with Gasteiger partial charge in [0.05, 0.1) is 10.6 Å². The molecule has 0 spiro atoms. The molecule has 2 aromatic rings. The van der Waals surface area contributed by atoms with Crippen molar-refractivity contribution in [3.63, 3.8) is 0 Å². The number of carboxylic acid groups (broad SMARTS) is 1. The van der Waals surface area contributed by atoms with Gasteiger partial charge in [-0.1, -0.05) is 35.5 Å². The summed E-state index contributed by atoms with van der Waals surface area (Å²) in [6.45, 7) is 4.00. The molecule has 0 radical (unpaired) electrons. The smallest absolute Gasteiger partial charge is 0.337 e. The summed E-state index contributed by atoms with van der Waals surface area (Å²) in [5.41, 5.74) is 2.32. The minimum atomic E-state index is -1.05. The van der Waals surface area contributed by atoms with Crippen LogP contribution in [0.1, 0.15) is 21.5 Å². The number of hydrogen-bond donors (Lipinski definition) is 1. The van der Waals surface area contributed by atoms with Gasteiger partial charge in [0.2, 0.25) is 0 Å². The number of carboxylic acids is 1. The number of nitrogens with zero attached hydrogens (tertiary/aromatic N) is 1. The van der Waals surface area contributed by atoms with E-state index in [1.165, 1.54) is 24.0 Å². The largest absolute Gasteiger partial charge is 0.478 e. The van der Waals surface area contributed by atoms with Gasteiger partial charge in [0.25, 0.3) is 0 Å². The van der Waals surface area contributed by atoms with Gasteiger partial charge in [0, 0.05) is 11.1 Å². The Balaban J connectivity index is 2.41. The second-order valence-electron chi connectivity index (χ2n) is 4.15. The van der Waals surface area contributed by atoms with E-state index in [2.05, 4.69) is 4.98 Å². The summed E-state index contributed by atoms with van der Waals surface area (Å²) in [5.74, 6) is -1.05. The van der Waals surface area contributed by atoms with Crippen LogP contribution in [0.4, 0.5) is 0 Å². The van der Waals surface area contributed by atoms with E-state index >= 15 is 0 Å². The summed E-state index contributed by atoms with van der Waals surface area (Å²) in [5, 5.41) is 9.72.